The number of nitrogens with one attached hydrogen (secondary N) is 1. The number of nitrogens with zero attached hydrogens (tertiary/aromatic N) is 1. The minimum Gasteiger partial charge on any atom is -0.353 e. The lowest BCUT2D eigenvalue weighted by atomic mass is 9.97. The number of aromatic nitrogens is 2. The Morgan fingerprint density at radius 1 is 1.00 bits per heavy atom. The zero-order chi connectivity index (χ0) is 18.1. The highest BCUT2D eigenvalue weighted by Crippen LogP contribution is 2.37. The minimum atomic E-state index is 0.718. The Kier molecular flexibility index (Phi) is 4.66. The number of unbranched alkanes of at least 4 members (excludes halogenated alkanes) is 1. The lowest BCUT2D eigenvalue weighted by Crippen LogP contribution is -1.99. The molecule has 0 aliphatic rings. The van der Waals surface area contributed by atoms with Gasteiger partial charge in [0.05, 0.1) is 21.7 Å². The van der Waals surface area contributed by atoms with Crippen LogP contribution in [-0.2, 0) is 6.42 Å². The summed E-state index contributed by atoms with van der Waals surface area (Å²) in [6.07, 6.45) is 3.05. The van der Waals surface area contributed by atoms with Crippen LogP contribution in [0.2, 0.25) is 5.02 Å². The number of para-hydroxylation sites is 1. The van der Waals surface area contributed by atoms with Crippen molar-refractivity contribution in [2.45, 2.75) is 26.2 Å². The summed E-state index contributed by atoms with van der Waals surface area (Å²) in [7, 11) is 0. The van der Waals surface area contributed by atoms with Crippen molar-refractivity contribution in [2.75, 3.05) is 6.54 Å². The van der Waals surface area contributed by atoms with Gasteiger partial charge in [0.15, 0.2) is 0 Å². The Bertz CT molecular complexity index is 1080. The number of rotatable bonds is 5. The van der Waals surface area contributed by atoms with Gasteiger partial charge in [0.1, 0.15) is 0 Å². The number of aryl methyl sites for hydroxylation is 2. The van der Waals surface area contributed by atoms with E-state index in [2.05, 4.69) is 46.4 Å². The smallest absolute Gasteiger partial charge is 0.0711 e. The zero-order valence-electron chi connectivity index (χ0n) is 14.8. The van der Waals surface area contributed by atoms with Crippen LogP contribution in [0.25, 0.3) is 33.1 Å². The molecule has 3 nitrogen and oxygen atoms in total. The average Bonchev–Trinajstić information content (AvgIpc) is 3.01. The molecule has 2 aromatic carbocycles. The number of H-pyrrole nitrogens is 1. The number of aromatic amines is 1. The summed E-state index contributed by atoms with van der Waals surface area (Å²) in [5.41, 5.74) is 12.4. The molecule has 0 saturated heterocycles. The second kappa shape index (κ2) is 7.10. The van der Waals surface area contributed by atoms with Gasteiger partial charge in [-0.15, -0.1) is 0 Å². The van der Waals surface area contributed by atoms with Crippen LogP contribution < -0.4 is 5.73 Å². The number of fused-ring (bicyclic) bond motifs is 2. The third-order valence-electron chi connectivity index (χ3n) is 4.91. The van der Waals surface area contributed by atoms with Crippen molar-refractivity contribution in [3.63, 3.8) is 0 Å². The molecule has 0 atom stereocenters. The number of nitrogens with two attached hydrogens (primary N) is 1. The van der Waals surface area contributed by atoms with Gasteiger partial charge in [-0.25, -0.2) is 0 Å². The number of halogens is 1. The summed E-state index contributed by atoms with van der Waals surface area (Å²) in [6.45, 7) is 2.74. The van der Waals surface area contributed by atoms with Crippen LogP contribution in [0.1, 0.15) is 24.1 Å². The highest BCUT2D eigenvalue weighted by atomic mass is 35.5. The van der Waals surface area contributed by atoms with Gasteiger partial charge in [0, 0.05) is 22.0 Å². The fourth-order valence-corrected chi connectivity index (χ4v) is 3.87. The predicted octanol–water partition coefficient (Wildman–Crippen LogP) is 5.63. The summed E-state index contributed by atoms with van der Waals surface area (Å²) in [6, 6.07) is 16.6. The first-order valence-corrected chi connectivity index (χ1v) is 9.42. The van der Waals surface area contributed by atoms with E-state index in [9.17, 15) is 0 Å². The third kappa shape index (κ3) is 2.98. The van der Waals surface area contributed by atoms with E-state index in [1.165, 1.54) is 16.5 Å². The number of benzene rings is 2. The lowest BCUT2D eigenvalue weighted by Gasteiger charge is -2.09. The molecule has 0 amide bonds. The van der Waals surface area contributed by atoms with E-state index in [1.807, 2.05) is 19.1 Å². The van der Waals surface area contributed by atoms with Crippen LogP contribution >= 0.6 is 11.6 Å². The van der Waals surface area contributed by atoms with Gasteiger partial charge in [0.2, 0.25) is 0 Å². The first kappa shape index (κ1) is 17.1. The molecule has 0 aliphatic carbocycles. The lowest BCUT2D eigenvalue weighted by molar-refractivity contribution is 0.748. The first-order valence-electron chi connectivity index (χ1n) is 9.05. The fraction of sp³-hybridized carbons (Fsp3) is 0.227. The van der Waals surface area contributed by atoms with E-state index in [1.54, 1.807) is 0 Å². The third-order valence-corrected chi connectivity index (χ3v) is 5.23. The topological polar surface area (TPSA) is 54.7 Å². The zero-order valence-corrected chi connectivity index (χ0v) is 15.6. The SMILES string of the molecule is Cc1ccc2c(-c3[nH]c4c(Cl)cccc4c3CCCCN)cccc2n1. The molecule has 4 rings (SSSR count). The number of hydrogen-bond acceptors (Lipinski definition) is 2. The van der Waals surface area contributed by atoms with E-state index < -0.39 is 0 Å². The van der Waals surface area contributed by atoms with Crippen LogP contribution in [0.4, 0.5) is 0 Å². The van der Waals surface area contributed by atoms with Gasteiger partial charge < -0.3 is 10.7 Å². The molecular formula is C22H22ClN3. The fourth-order valence-electron chi connectivity index (χ4n) is 3.65. The molecular weight excluding hydrogens is 342 g/mol. The summed E-state index contributed by atoms with van der Waals surface area (Å²) in [5.74, 6) is 0. The molecule has 4 aromatic rings. The van der Waals surface area contributed by atoms with Crippen LogP contribution in [-0.4, -0.2) is 16.5 Å². The highest BCUT2D eigenvalue weighted by Gasteiger charge is 2.16. The molecule has 132 valence electrons. The second-order valence-electron chi connectivity index (χ2n) is 6.71. The van der Waals surface area contributed by atoms with E-state index in [0.717, 1.165) is 58.6 Å². The maximum atomic E-state index is 6.47. The van der Waals surface area contributed by atoms with Crippen LogP contribution in [0.15, 0.2) is 48.5 Å². The van der Waals surface area contributed by atoms with Gasteiger partial charge in [-0.2, -0.15) is 0 Å². The molecule has 0 aliphatic heterocycles. The number of hydrogen-bond donors (Lipinski definition) is 2. The van der Waals surface area contributed by atoms with Gasteiger partial charge in [-0.1, -0.05) is 41.9 Å². The maximum absolute atomic E-state index is 6.47. The molecule has 0 bridgehead atoms. The van der Waals surface area contributed by atoms with Crippen molar-refractivity contribution in [3.05, 3.63) is 64.8 Å². The molecule has 26 heavy (non-hydrogen) atoms. The van der Waals surface area contributed by atoms with Gasteiger partial charge in [-0.05, 0) is 56.5 Å². The summed E-state index contributed by atoms with van der Waals surface area (Å²) in [4.78, 5) is 8.27. The molecule has 3 N–H and O–H groups in total. The van der Waals surface area contributed by atoms with E-state index >= 15 is 0 Å². The van der Waals surface area contributed by atoms with E-state index in [0.29, 0.717) is 0 Å². The van der Waals surface area contributed by atoms with Crippen molar-refractivity contribution >= 4 is 33.4 Å². The van der Waals surface area contributed by atoms with Crippen molar-refractivity contribution in [1.29, 1.82) is 0 Å². The Labute approximate surface area is 158 Å². The number of pyridine rings is 1. The average molecular weight is 364 g/mol. The molecule has 2 heterocycles. The molecule has 0 unspecified atom stereocenters. The normalized spacial score (nSPS) is 11.5. The van der Waals surface area contributed by atoms with Gasteiger partial charge >= 0.3 is 0 Å². The van der Waals surface area contributed by atoms with E-state index in [-0.39, 0.29) is 0 Å². The quantitative estimate of drug-likeness (QED) is 0.452. The monoisotopic (exact) mass is 363 g/mol. The van der Waals surface area contributed by atoms with E-state index in [4.69, 9.17) is 17.3 Å². The summed E-state index contributed by atoms with van der Waals surface area (Å²) >= 11 is 6.47. The summed E-state index contributed by atoms with van der Waals surface area (Å²) < 4.78 is 0. The van der Waals surface area contributed by atoms with Crippen molar-refractivity contribution < 1.29 is 0 Å². The minimum absolute atomic E-state index is 0.718. The Hall–Kier alpha value is -2.36. The van der Waals surface area contributed by atoms with Crippen LogP contribution in [0.3, 0.4) is 0 Å². The van der Waals surface area contributed by atoms with Gasteiger partial charge in [-0.3, -0.25) is 4.98 Å². The molecule has 0 fully saturated rings. The van der Waals surface area contributed by atoms with Crippen LogP contribution in [0.5, 0.6) is 0 Å². The predicted molar refractivity (Wildman–Crippen MR) is 111 cm³/mol. The Balaban J connectivity index is 1.96. The summed E-state index contributed by atoms with van der Waals surface area (Å²) in [5, 5.41) is 3.10. The van der Waals surface area contributed by atoms with Gasteiger partial charge in [0.25, 0.3) is 0 Å². The Morgan fingerprint density at radius 3 is 2.69 bits per heavy atom. The largest absolute Gasteiger partial charge is 0.353 e. The van der Waals surface area contributed by atoms with Crippen molar-refractivity contribution in [1.82, 2.24) is 9.97 Å². The van der Waals surface area contributed by atoms with Crippen molar-refractivity contribution in [2.24, 2.45) is 5.73 Å². The maximum Gasteiger partial charge on any atom is 0.0711 e. The second-order valence-corrected chi connectivity index (χ2v) is 7.12. The van der Waals surface area contributed by atoms with Crippen LogP contribution in [0, 0.1) is 6.92 Å². The highest BCUT2D eigenvalue weighted by molar-refractivity contribution is 6.35. The van der Waals surface area contributed by atoms with Crippen molar-refractivity contribution in [3.8, 4) is 11.3 Å². The molecule has 0 saturated carbocycles. The molecule has 0 spiro atoms. The molecule has 4 heteroatoms. The Morgan fingerprint density at radius 2 is 1.85 bits per heavy atom. The first-order chi connectivity index (χ1) is 12.7. The standard InChI is InChI=1S/C22H22ClN3/c1-14-11-12-15-16(8-5-10-20(15)25-14)21-17(6-2-3-13-24)18-7-4-9-19(23)22(18)26-21/h4-5,7-12,26H,2-3,6,13,24H2,1H3. The molecule has 2 aromatic heterocycles. The molecule has 0 radical (unpaired) electrons.